The molecule has 0 spiro atoms. The van der Waals surface area contributed by atoms with Gasteiger partial charge in [-0.3, -0.25) is 9.36 Å². The number of pyridine rings is 1. The number of hydrogen-bond donors (Lipinski definition) is 2. The van der Waals surface area contributed by atoms with Crippen molar-refractivity contribution in [2.45, 2.75) is 32.2 Å². The van der Waals surface area contributed by atoms with Gasteiger partial charge in [0.1, 0.15) is 0 Å². The molecule has 1 fully saturated rings. The van der Waals surface area contributed by atoms with Gasteiger partial charge in [0.2, 0.25) is 0 Å². The zero-order valence-corrected chi connectivity index (χ0v) is 15.7. The average molecular weight is 376 g/mol. The second-order valence-corrected chi connectivity index (χ2v) is 7.43. The highest BCUT2D eigenvalue weighted by Gasteiger charge is 2.22. The Kier molecular flexibility index (Phi) is 5.26. The molecule has 0 bridgehead atoms. The van der Waals surface area contributed by atoms with Gasteiger partial charge in [0.15, 0.2) is 0 Å². The van der Waals surface area contributed by atoms with E-state index in [-0.39, 0.29) is 11.1 Å². The van der Waals surface area contributed by atoms with Crippen LogP contribution in [0.15, 0.2) is 59.4 Å². The minimum absolute atomic E-state index is 0.190. The van der Waals surface area contributed by atoms with Gasteiger partial charge in [-0.2, -0.15) is 0 Å². The molecule has 0 saturated heterocycles. The summed E-state index contributed by atoms with van der Waals surface area (Å²) in [5, 5.41) is 14.3. The molecule has 0 atom stereocenters. The third-order valence-electron chi connectivity index (χ3n) is 5.62. The van der Waals surface area contributed by atoms with Gasteiger partial charge in [-0.1, -0.05) is 49.2 Å². The molecule has 5 nitrogen and oxygen atoms in total. The van der Waals surface area contributed by atoms with Gasteiger partial charge in [0.25, 0.3) is 5.56 Å². The highest BCUT2D eigenvalue weighted by Crippen LogP contribution is 2.25. The number of rotatable bonds is 6. The Morgan fingerprint density at radius 1 is 1.00 bits per heavy atom. The molecule has 0 amide bonds. The van der Waals surface area contributed by atoms with E-state index in [1.165, 1.54) is 25.7 Å². The van der Waals surface area contributed by atoms with E-state index in [9.17, 15) is 14.7 Å². The molecule has 2 N–H and O–H groups in total. The SMILES string of the molecule is O=C(O)c1c(CNCC2CCCC2)n(-c2ccccc2)c(=O)c2ccccc12. The number of benzene rings is 2. The predicted molar refractivity (Wildman–Crippen MR) is 110 cm³/mol. The molecule has 0 unspecified atom stereocenters. The highest BCUT2D eigenvalue weighted by molar-refractivity contribution is 6.04. The number of nitrogens with zero attached hydrogens (tertiary/aromatic N) is 1. The van der Waals surface area contributed by atoms with Gasteiger partial charge in [-0.05, 0) is 43.5 Å². The molecule has 28 heavy (non-hydrogen) atoms. The van der Waals surface area contributed by atoms with Gasteiger partial charge >= 0.3 is 5.97 Å². The zero-order chi connectivity index (χ0) is 19.5. The van der Waals surface area contributed by atoms with Crippen molar-refractivity contribution in [1.82, 2.24) is 9.88 Å². The van der Waals surface area contributed by atoms with Crippen LogP contribution in [0.3, 0.4) is 0 Å². The molecule has 1 saturated carbocycles. The van der Waals surface area contributed by atoms with Crippen LogP contribution in [0.1, 0.15) is 41.7 Å². The van der Waals surface area contributed by atoms with E-state index in [1.807, 2.05) is 30.3 Å². The lowest BCUT2D eigenvalue weighted by atomic mass is 10.0. The fraction of sp³-hybridized carbons (Fsp3) is 0.304. The Bertz CT molecular complexity index is 1050. The van der Waals surface area contributed by atoms with Gasteiger partial charge in [0, 0.05) is 23.0 Å². The van der Waals surface area contributed by atoms with Crippen LogP contribution in [0.5, 0.6) is 0 Å². The molecule has 0 radical (unpaired) electrons. The number of aromatic nitrogens is 1. The van der Waals surface area contributed by atoms with Crippen LogP contribution in [0, 0.1) is 5.92 Å². The molecule has 1 aliphatic rings. The van der Waals surface area contributed by atoms with E-state index in [2.05, 4.69) is 5.32 Å². The predicted octanol–water partition coefficient (Wildman–Crippen LogP) is 3.97. The summed E-state index contributed by atoms with van der Waals surface area (Å²) in [6, 6.07) is 16.2. The third-order valence-corrected chi connectivity index (χ3v) is 5.62. The Balaban J connectivity index is 1.87. The summed E-state index contributed by atoms with van der Waals surface area (Å²) in [6.07, 6.45) is 4.94. The fourth-order valence-electron chi connectivity index (χ4n) is 4.26. The topological polar surface area (TPSA) is 71.3 Å². The van der Waals surface area contributed by atoms with Crippen LogP contribution >= 0.6 is 0 Å². The minimum Gasteiger partial charge on any atom is -0.478 e. The first-order chi connectivity index (χ1) is 13.7. The molecule has 2 aromatic carbocycles. The van der Waals surface area contributed by atoms with Crippen molar-refractivity contribution < 1.29 is 9.90 Å². The summed E-state index contributed by atoms with van der Waals surface area (Å²) in [5.41, 5.74) is 1.18. The van der Waals surface area contributed by atoms with E-state index >= 15 is 0 Å². The Labute approximate surface area is 163 Å². The molecule has 1 aromatic heterocycles. The number of hydrogen-bond acceptors (Lipinski definition) is 3. The van der Waals surface area contributed by atoms with Crippen LogP contribution in [-0.2, 0) is 6.54 Å². The first-order valence-corrected chi connectivity index (χ1v) is 9.83. The van der Waals surface area contributed by atoms with Crippen molar-refractivity contribution in [3.8, 4) is 5.69 Å². The van der Waals surface area contributed by atoms with Crippen LogP contribution < -0.4 is 10.9 Å². The molecule has 1 heterocycles. The van der Waals surface area contributed by atoms with E-state index in [4.69, 9.17) is 0 Å². The Hall–Kier alpha value is -2.92. The van der Waals surface area contributed by atoms with Crippen molar-refractivity contribution in [3.63, 3.8) is 0 Å². The maximum atomic E-state index is 13.3. The Morgan fingerprint density at radius 3 is 2.32 bits per heavy atom. The lowest BCUT2D eigenvalue weighted by Crippen LogP contribution is -2.30. The lowest BCUT2D eigenvalue weighted by Gasteiger charge is -2.19. The van der Waals surface area contributed by atoms with Gasteiger partial charge in [-0.15, -0.1) is 0 Å². The summed E-state index contributed by atoms with van der Waals surface area (Å²) < 4.78 is 1.55. The molecular formula is C23H24N2O3. The van der Waals surface area contributed by atoms with Gasteiger partial charge in [-0.25, -0.2) is 4.79 Å². The number of carboxylic acid groups (broad SMARTS) is 1. The monoisotopic (exact) mass is 376 g/mol. The van der Waals surface area contributed by atoms with Crippen molar-refractivity contribution >= 4 is 16.7 Å². The van der Waals surface area contributed by atoms with Crippen molar-refractivity contribution in [3.05, 3.63) is 76.2 Å². The molecule has 5 heteroatoms. The molecule has 1 aliphatic carbocycles. The quantitative estimate of drug-likeness (QED) is 0.683. The Morgan fingerprint density at radius 2 is 1.64 bits per heavy atom. The number of carboxylic acids is 1. The van der Waals surface area contributed by atoms with Crippen molar-refractivity contribution in [1.29, 1.82) is 0 Å². The number of aromatic carboxylic acids is 1. The number of fused-ring (bicyclic) bond motifs is 1. The number of para-hydroxylation sites is 1. The molecule has 4 rings (SSSR count). The largest absolute Gasteiger partial charge is 0.478 e. The van der Waals surface area contributed by atoms with E-state index in [0.29, 0.717) is 34.6 Å². The maximum absolute atomic E-state index is 13.3. The first kappa shape index (κ1) is 18.4. The average Bonchev–Trinajstić information content (AvgIpc) is 3.22. The first-order valence-electron chi connectivity index (χ1n) is 9.83. The summed E-state index contributed by atoms with van der Waals surface area (Å²) in [7, 11) is 0. The summed E-state index contributed by atoms with van der Waals surface area (Å²) in [6.45, 7) is 1.18. The van der Waals surface area contributed by atoms with E-state index in [1.54, 1.807) is 28.8 Å². The van der Waals surface area contributed by atoms with Crippen LogP contribution in [0.2, 0.25) is 0 Å². The summed E-state index contributed by atoms with van der Waals surface area (Å²) >= 11 is 0. The molecular weight excluding hydrogens is 352 g/mol. The summed E-state index contributed by atoms with van der Waals surface area (Å²) in [4.78, 5) is 25.5. The number of carbonyl (C=O) groups is 1. The van der Waals surface area contributed by atoms with Crippen molar-refractivity contribution in [2.75, 3.05) is 6.54 Å². The molecule has 0 aliphatic heterocycles. The van der Waals surface area contributed by atoms with E-state index < -0.39 is 5.97 Å². The second-order valence-electron chi connectivity index (χ2n) is 7.43. The summed E-state index contributed by atoms with van der Waals surface area (Å²) in [5.74, 6) is -0.385. The second kappa shape index (κ2) is 7.98. The van der Waals surface area contributed by atoms with Crippen LogP contribution in [-0.4, -0.2) is 22.2 Å². The highest BCUT2D eigenvalue weighted by atomic mass is 16.4. The van der Waals surface area contributed by atoms with Crippen LogP contribution in [0.4, 0.5) is 0 Å². The van der Waals surface area contributed by atoms with E-state index in [0.717, 1.165) is 6.54 Å². The van der Waals surface area contributed by atoms with Crippen LogP contribution in [0.25, 0.3) is 16.5 Å². The normalized spacial score (nSPS) is 14.6. The van der Waals surface area contributed by atoms with Crippen molar-refractivity contribution in [2.24, 2.45) is 5.92 Å². The fourth-order valence-corrected chi connectivity index (χ4v) is 4.26. The van der Waals surface area contributed by atoms with Gasteiger partial charge < -0.3 is 10.4 Å². The minimum atomic E-state index is -1.02. The molecule has 3 aromatic rings. The van der Waals surface area contributed by atoms with Gasteiger partial charge in [0.05, 0.1) is 11.3 Å². The third kappa shape index (κ3) is 3.45. The lowest BCUT2D eigenvalue weighted by molar-refractivity contribution is 0.0696. The smallest absolute Gasteiger partial charge is 0.338 e. The zero-order valence-electron chi connectivity index (χ0n) is 15.7. The maximum Gasteiger partial charge on any atom is 0.338 e. The standard InChI is InChI=1S/C23H24N2O3/c26-22-19-13-7-6-12-18(19)21(23(27)28)20(15-24-14-16-8-4-5-9-16)25(22)17-10-2-1-3-11-17/h1-3,6-7,10-13,16,24H,4-5,8-9,14-15H2,(H,27,28). The molecule has 144 valence electrons. The number of nitrogens with one attached hydrogen (secondary N) is 1.